The molecular weight excluding hydrogens is 324 g/mol. The topological polar surface area (TPSA) is 85.3 Å². The molecule has 2 aromatic rings. The van der Waals surface area contributed by atoms with Gasteiger partial charge in [0.15, 0.2) is 0 Å². The largest absolute Gasteiger partial charge is 0.497 e. The van der Waals surface area contributed by atoms with E-state index in [-0.39, 0.29) is 10.6 Å². The van der Waals surface area contributed by atoms with E-state index in [1.165, 1.54) is 0 Å². The van der Waals surface area contributed by atoms with Gasteiger partial charge in [-0.25, -0.2) is 4.79 Å². The lowest BCUT2D eigenvalue weighted by Crippen LogP contribution is -2.09. The molecule has 0 saturated carbocycles. The summed E-state index contributed by atoms with van der Waals surface area (Å²) < 4.78 is 10.3. The van der Waals surface area contributed by atoms with Crippen LogP contribution in [0, 0.1) is 11.3 Å². The van der Waals surface area contributed by atoms with Crippen molar-refractivity contribution in [1.29, 1.82) is 5.26 Å². The number of hydrogen-bond acceptors (Lipinski definition) is 5. The van der Waals surface area contributed by atoms with E-state index < -0.39 is 5.97 Å². The number of carbonyl (C=O) groups excluding carboxylic acids is 1. The molecule has 0 atom stereocenters. The highest BCUT2D eigenvalue weighted by Gasteiger charge is 2.08. The van der Waals surface area contributed by atoms with E-state index in [2.05, 4.69) is 0 Å². The van der Waals surface area contributed by atoms with E-state index >= 15 is 0 Å². The second kappa shape index (κ2) is 7.90. The minimum atomic E-state index is -0.471. The number of benzene rings is 2. The molecule has 0 aliphatic carbocycles. The molecule has 0 spiro atoms. The lowest BCUT2D eigenvalue weighted by Gasteiger charge is -2.06. The third-order valence-electron chi connectivity index (χ3n) is 3.11. The highest BCUT2D eigenvalue weighted by molar-refractivity contribution is 7.80. The van der Waals surface area contributed by atoms with E-state index in [1.807, 2.05) is 6.07 Å². The van der Waals surface area contributed by atoms with Crippen molar-refractivity contribution in [2.45, 2.75) is 0 Å². The molecule has 0 bridgehead atoms. The number of nitriles is 1. The third kappa shape index (κ3) is 4.41. The van der Waals surface area contributed by atoms with Gasteiger partial charge in [-0.15, -0.1) is 0 Å². The molecule has 0 amide bonds. The Hall–Kier alpha value is -3.17. The molecule has 0 heterocycles. The van der Waals surface area contributed by atoms with E-state index in [0.717, 1.165) is 5.56 Å². The fourth-order valence-corrected chi connectivity index (χ4v) is 1.95. The van der Waals surface area contributed by atoms with Crippen LogP contribution in [0.1, 0.15) is 15.9 Å². The van der Waals surface area contributed by atoms with Crippen molar-refractivity contribution >= 4 is 29.3 Å². The number of carbonyl (C=O) groups is 1. The number of nitrogens with zero attached hydrogens (tertiary/aromatic N) is 1. The van der Waals surface area contributed by atoms with Gasteiger partial charge in [0.05, 0.1) is 18.2 Å². The summed E-state index contributed by atoms with van der Waals surface area (Å²) in [6.07, 6.45) is 1.57. The van der Waals surface area contributed by atoms with Gasteiger partial charge in [-0.2, -0.15) is 5.26 Å². The van der Waals surface area contributed by atoms with Gasteiger partial charge in [0.2, 0.25) is 0 Å². The van der Waals surface area contributed by atoms with E-state index in [0.29, 0.717) is 17.1 Å². The van der Waals surface area contributed by atoms with Crippen LogP contribution < -0.4 is 15.2 Å². The second-order valence-electron chi connectivity index (χ2n) is 4.72. The lowest BCUT2D eigenvalue weighted by atomic mass is 10.1. The minimum absolute atomic E-state index is 0.0347. The first-order valence-corrected chi connectivity index (χ1v) is 7.32. The average molecular weight is 338 g/mol. The maximum atomic E-state index is 12.1. The van der Waals surface area contributed by atoms with E-state index in [1.54, 1.807) is 61.7 Å². The standard InChI is InChI=1S/C18H14N2O3S/c1-22-15-8-4-13(5-9-15)18(21)23-16-6-2-12(3-7-16)10-14(11-19)17(20)24/h2-10H,1H3,(H2,20,24). The predicted molar refractivity (Wildman–Crippen MR) is 94.8 cm³/mol. The summed E-state index contributed by atoms with van der Waals surface area (Å²) in [6, 6.07) is 15.2. The van der Waals surface area contributed by atoms with E-state index in [9.17, 15) is 4.79 Å². The van der Waals surface area contributed by atoms with Crippen LogP contribution in [0.3, 0.4) is 0 Å². The Morgan fingerprint density at radius 2 is 1.71 bits per heavy atom. The SMILES string of the molecule is COc1ccc(C(=O)Oc2ccc(C=C(C#N)C(N)=S)cc2)cc1. The number of thiocarbonyl (C=S) groups is 1. The van der Waals surface area contributed by atoms with Gasteiger partial charge in [0.25, 0.3) is 0 Å². The van der Waals surface area contributed by atoms with Gasteiger partial charge < -0.3 is 15.2 Å². The van der Waals surface area contributed by atoms with Gasteiger partial charge in [0.1, 0.15) is 22.6 Å². The Kier molecular flexibility index (Phi) is 5.66. The third-order valence-corrected chi connectivity index (χ3v) is 3.33. The van der Waals surface area contributed by atoms with Crippen molar-refractivity contribution in [3.8, 4) is 17.6 Å². The Labute approximate surface area is 144 Å². The number of nitrogens with two attached hydrogens (primary N) is 1. The number of hydrogen-bond donors (Lipinski definition) is 1. The Balaban J connectivity index is 2.09. The highest BCUT2D eigenvalue weighted by Crippen LogP contribution is 2.17. The van der Waals surface area contributed by atoms with Crippen LogP contribution in [0.4, 0.5) is 0 Å². The first-order valence-electron chi connectivity index (χ1n) is 6.91. The molecule has 0 radical (unpaired) electrons. The first-order chi connectivity index (χ1) is 11.5. The molecule has 0 aromatic heterocycles. The fraction of sp³-hybridized carbons (Fsp3) is 0.0556. The Morgan fingerprint density at radius 1 is 1.12 bits per heavy atom. The monoisotopic (exact) mass is 338 g/mol. The van der Waals surface area contributed by atoms with E-state index in [4.69, 9.17) is 32.7 Å². The van der Waals surface area contributed by atoms with Crippen LogP contribution in [0.2, 0.25) is 0 Å². The molecule has 5 nitrogen and oxygen atoms in total. The normalized spacial score (nSPS) is 10.6. The van der Waals surface area contributed by atoms with Crippen LogP contribution in [-0.2, 0) is 0 Å². The Bertz CT molecular complexity index is 819. The van der Waals surface area contributed by atoms with Crippen LogP contribution >= 0.6 is 12.2 Å². The fourth-order valence-electron chi connectivity index (χ4n) is 1.85. The summed E-state index contributed by atoms with van der Waals surface area (Å²) in [5, 5.41) is 8.93. The summed E-state index contributed by atoms with van der Waals surface area (Å²) in [5.74, 6) is 0.581. The lowest BCUT2D eigenvalue weighted by molar-refractivity contribution is 0.0734. The molecule has 0 saturated heterocycles. The van der Waals surface area contributed by atoms with Gasteiger partial charge in [-0.1, -0.05) is 24.4 Å². The molecule has 24 heavy (non-hydrogen) atoms. The van der Waals surface area contributed by atoms with Crippen LogP contribution in [0.5, 0.6) is 11.5 Å². The minimum Gasteiger partial charge on any atom is -0.497 e. The maximum absolute atomic E-state index is 12.1. The van der Waals surface area contributed by atoms with Gasteiger partial charge >= 0.3 is 5.97 Å². The molecule has 120 valence electrons. The molecule has 0 fully saturated rings. The summed E-state index contributed by atoms with van der Waals surface area (Å²) >= 11 is 4.78. The van der Waals surface area contributed by atoms with Crippen molar-refractivity contribution in [1.82, 2.24) is 0 Å². The summed E-state index contributed by atoms with van der Waals surface area (Å²) in [4.78, 5) is 12.1. The summed E-state index contributed by atoms with van der Waals surface area (Å²) in [6.45, 7) is 0. The summed E-state index contributed by atoms with van der Waals surface area (Å²) in [5.41, 5.74) is 6.80. The molecular formula is C18H14N2O3S. The summed E-state index contributed by atoms with van der Waals surface area (Å²) in [7, 11) is 1.55. The molecule has 2 rings (SSSR count). The number of ether oxygens (including phenoxy) is 2. The van der Waals surface area contributed by atoms with Crippen molar-refractivity contribution in [2.75, 3.05) is 7.11 Å². The molecule has 0 unspecified atom stereocenters. The van der Waals surface area contributed by atoms with Crippen LogP contribution in [0.15, 0.2) is 54.1 Å². The maximum Gasteiger partial charge on any atom is 0.343 e. The molecule has 0 aliphatic heterocycles. The van der Waals surface area contributed by atoms with Gasteiger partial charge in [0, 0.05) is 0 Å². The molecule has 2 aromatic carbocycles. The molecule has 2 N–H and O–H groups in total. The highest BCUT2D eigenvalue weighted by atomic mass is 32.1. The zero-order valence-corrected chi connectivity index (χ0v) is 13.7. The zero-order chi connectivity index (χ0) is 17.5. The van der Waals surface area contributed by atoms with Crippen molar-refractivity contribution < 1.29 is 14.3 Å². The van der Waals surface area contributed by atoms with Crippen molar-refractivity contribution in [3.63, 3.8) is 0 Å². The van der Waals surface area contributed by atoms with Crippen molar-refractivity contribution in [3.05, 3.63) is 65.2 Å². The molecule has 6 heteroatoms. The first kappa shape index (κ1) is 17.2. The van der Waals surface area contributed by atoms with Crippen molar-refractivity contribution in [2.24, 2.45) is 5.73 Å². The number of methoxy groups -OCH3 is 1. The number of esters is 1. The Morgan fingerprint density at radius 3 is 2.21 bits per heavy atom. The molecule has 0 aliphatic rings. The van der Waals surface area contributed by atoms with Gasteiger partial charge in [-0.3, -0.25) is 0 Å². The number of rotatable bonds is 5. The zero-order valence-electron chi connectivity index (χ0n) is 12.9. The van der Waals surface area contributed by atoms with Gasteiger partial charge in [-0.05, 0) is 48.0 Å². The predicted octanol–water partition coefficient (Wildman–Crippen LogP) is 3.11. The second-order valence-corrected chi connectivity index (χ2v) is 5.16. The average Bonchev–Trinajstić information content (AvgIpc) is 2.60. The van der Waals surface area contributed by atoms with Crippen LogP contribution in [-0.4, -0.2) is 18.1 Å². The van der Waals surface area contributed by atoms with Crippen LogP contribution in [0.25, 0.3) is 6.08 Å². The smallest absolute Gasteiger partial charge is 0.343 e. The quantitative estimate of drug-likeness (QED) is 0.296.